The predicted molar refractivity (Wildman–Crippen MR) is 90.8 cm³/mol. The third-order valence-corrected chi connectivity index (χ3v) is 16.6. The van der Waals surface area contributed by atoms with Gasteiger partial charge < -0.3 is 0 Å². The van der Waals surface area contributed by atoms with Gasteiger partial charge in [-0.15, -0.1) is 0 Å². The number of rotatable bonds is 15. The SMILES string of the molecule is C[CH2][Ge]([CH2]C)([CH2]C)[CH2]COCCCCOCC(O)COC. The van der Waals surface area contributed by atoms with Crippen LogP contribution in [-0.4, -0.2) is 64.6 Å². The second-order valence-electron chi connectivity index (χ2n) is 5.81. The summed E-state index contributed by atoms with van der Waals surface area (Å²) < 4.78 is 16.0. The number of aliphatic hydroxyl groups is 1. The molecule has 4 nitrogen and oxygen atoms in total. The Hall–Kier alpha value is 0.383. The van der Waals surface area contributed by atoms with Gasteiger partial charge in [0, 0.05) is 7.11 Å². The summed E-state index contributed by atoms with van der Waals surface area (Å²) >= 11 is -1.53. The van der Waals surface area contributed by atoms with Gasteiger partial charge >= 0.3 is 126 Å². The standard InChI is InChI=1S/C16H36GeO4/c1-5-17(6-2,7-3)10-13-20-11-8-9-12-21-15-16(18)14-19-4/h16,18H,5-15H2,1-4H3. The Morgan fingerprint density at radius 1 is 0.857 bits per heavy atom. The van der Waals surface area contributed by atoms with Gasteiger partial charge in [0.2, 0.25) is 0 Å². The molecule has 21 heavy (non-hydrogen) atoms. The van der Waals surface area contributed by atoms with Crippen LogP contribution in [0.25, 0.3) is 0 Å². The zero-order valence-corrected chi connectivity index (χ0v) is 16.6. The van der Waals surface area contributed by atoms with E-state index in [0.29, 0.717) is 19.8 Å². The van der Waals surface area contributed by atoms with Gasteiger partial charge in [-0.1, -0.05) is 0 Å². The van der Waals surface area contributed by atoms with Crippen LogP contribution in [0.3, 0.4) is 0 Å². The van der Waals surface area contributed by atoms with Gasteiger partial charge in [-0.05, 0) is 0 Å². The molecule has 0 amide bonds. The van der Waals surface area contributed by atoms with E-state index >= 15 is 0 Å². The fourth-order valence-corrected chi connectivity index (χ4v) is 9.12. The Kier molecular flexibility index (Phi) is 14.3. The van der Waals surface area contributed by atoms with E-state index in [1.165, 1.54) is 21.0 Å². The summed E-state index contributed by atoms with van der Waals surface area (Å²) in [7, 11) is 1.58. The van der Waals surface area contributed by atoms with Gasteiger partial charge in [-0.2, -0.15) is 0 Å². The molecule has 0 fully saturated rings. The minimum atomic E-state index is -1.53. The van der Waals surface area contributed by atoms with E-state index in [0.717, 1.165) is 26.1 Å². The Bertz CT molecular complexity index is 214. The molecule has 0 aliphatic rings. The van der Waals surface area contributed by atoms with E-state index < -0.39 is 19.4 Å². The Morgan fingerprint density at radius 2 is 1.43 bits per heavy atom. The van der Waals surface area contributed by atoms with Crippen molar-refractivity contribution in [1.82, 2.24) is 0 Å². The van der Waals surface area contributed by atoms with Crippen LogP contribution in [0.5, 0.6) is 0 Å². The van der Waals surface area contributed by atoms with Crippen molar-refractivity contribution in [2.75, 3.05) is 40.1 Å². The molecule has 0 radical (unpaired) electrons. The molecule has 1 N–H and O–H groups in total. The third-order valence-electron chi connectivity index (χ3n) is 4.52. The molecule has 0 saturated carbocycles. The quantitative estimate of drug-likeness (QED) is 0.357. The van der Waals surface area contributed by atoms with Crippen LogP contribution in [0.15, 0.2) is 0 Å². The van der Waals surface area contributed by atoms with Crippen molar-refractivity contribution < 1.29 is 19.3 Å². The second-order valence-corrected chi connectivity index (χ2v) is 17.6. The molecule has 0 rings (SSSR count). The molecular weight excluding hydrogens is 329 g/mol. The topological polar surface area (TPSA) is 47.9 Å². The van der Waals surface area contributed by atoms with E-state index in [9.17, 15) is 5.11 Å². The molecule has 1 atom stereocenters. The zero-order valence-electron chi connectivity index (χ0n) is 14.5. The number of methoxy groups -OCH3 is 1. The maximum absolute atomic E-state index is 9.40. The third kappa shape index (κ3) is 10.7. The van der Waals surface area contributed by atoms with Crippen LogP contribution in [-0.2, 0) is 14.2 Å². The van der Waals surface area contributed by atoms with E-state index in [4.69, 9.17) is 14.2 Å². The van der Waals surface area contributed by atoms with Crippen LogP contribution in [0.1, 0.15) is 33.6 Å². The summed E-state index contributed by atoms with van der Waals surface area (Å²) in [4.78, 5) is 0. The molecular formula is C16H36GeO4. The molecule has 0 saturated heterocycles. The summed E-state index contributed by atoms with van der Waals surface area (Å²) in [5, 5.41) is 15.0. The van der Waals surface area contributed by atoms with E-state index in [-0.39, 0.29) is 0 Å². The first-order valence-electron chi connectivity index (χ1n) is 8.46. The number of unbranched alkanes of at least 4 members (excludes halogenated alkanes) is 1. The number of aliphatic hydroxyl groups excluding tert-OH is 1. The monoisotopic (exact) mass is 366 g/mol. The van der Waals surface area contributed by atoms with Gasteiger partial charge in [-0.25, -0.2) is 0 Å². The van der Waals surface area contributed by atoms with Gasteiger partial charge in [0.1, 0.15) is 0 Å². The normalized spacial score (nSPS) is 13.6. The molecule has 0 aromatic heterocycles. The maximum atomic E-state index is 9.40. The molecule has 0 bridgehead atoms. The van der Waals surface area contributed by atoms with Crippen molar-refractivity contribution in [2.24, 2.45) is 0 Å². The van der Waals surface area contributed by atoms with Crippen molar-refractivity contribution >= 4 is 13.3 Å². The minimum absolute atomic E-state index is 0.336. The molecule has 1 unspecified atom stereocenters. The summed E-state index contributed by atoms with van der Waals surface area (Å²) in [6.45, 7) is 10.2. The van der Waals surface area contributed by atoms with Crippen LogP contribution >= 0.6 is 0 Å². The van der Waals surface area contributed by atoms with Crippen molar-refractivity contribution in [3.05, 3.63) is 0 Å². The molecule has 5 heteroatoms. The van der Waals surface area contributed by atoms with E-state index in [1.807, 2.05) is 0 Å². The van der Waals surface area contributed by atoms with Crippen LogP contribution in [0, 0.1) is 0 Å². The van der Waals surface area contributed by atoms with Crippen molar-refractivity contribution in [2.45, 2.75) is 60.7 Å². The Balaban J connectivity index is 3.40. The summed E-state index contributed by atoms with van der Waals surface area (Å²) in [6, 6.07) is 0. The number of hydrogen-bond acceptors (Lipinski definition) is 4. The van der Waals surface area contributed by atoms with Crippen molar-refractivity contribution in [1.29, 1.82) is 0 Å². The van der Waals surface area contributed by atoms with E-state index in [1.54, 1.807) is 7.11 Å². The molecule has 0 aliphatic heterocycles. The summed E-state index contributed by atoms with van der Waals surface area (Å²) in [5.74, 6) is 0. The van der Waals surface area contributed by atoms with Gasteiger partial charge in [0.25, 0.3) is 0 Å². The number of hydrogen-bond donors (Lipinski definition) is 1. The fraction of sp³-hybridized carbons (Fsp3) is 1.00. The zero-order chi connectivity index (χ0) is 16.0. The average Bonchev–Trinajstić information content (AvgIpc) is 2.50. The Morgan fingerprint density at radius 3 is 1.95 bits per heavy atom. The molecule has 0 heterocycles. The van der Waals surface area contributed by atoms with Gasteiger partial charge in [-0.3, -0.25) is 0 Å². The van der Waals surface area contributed by atoms with Crippen LogP contribution in [0.2, 0.25) is 21.0 Å². The van der Waals surface area contributed by atoms with Gasteiger partial charge in [0.15, 0.2) is 0 Å². The molecule has 0 spiro atoms. The van der Waals surface area contributed by atoms with Gasteiger partial charge in [0.05, 0.1) is 0 Å². The predicted octanol–water partition coefficient (Wildman–Crippen LogP) is 3.32. The molecule has 0 aliphatic carbocycles. The second kappa shape index (κ2) is 14.0. The molecule has 128 valence electrons. The van der Waals surface area contributed by atoms with Crippen molar-refractivity contribution in [3.63, 3.8) is 0 Å². The first kappa shape index (κ1) is 21.4. The molecule has 0 aromatic carbocycles. The van der Waals surface area contributed by atoms with Crippen LogP contribution in [0.4, 0.5) is 0 Å². The van der Waals surface area contributed by atoms with Crippen LogP contribution < -0.4 is 0 Å². The fourth-order valence-electron chi connectivity index (χ4n) is 2.54. The van der Waals surface area contributed by atoms with Crippen molar-refractivity contribution in [3.8, 4) is 0 Å². The smallest absolute Gasteiger partial charge is 0.0356 e. The number of ether oxygens (including phenoxy) is 3. The van der Waals surface area contributed by atoms with E-state index in [2.05, 4.69) is 20.8 Å². The summed E-state index contributed by atoms with van der Waals surface area (Å²) in [5.41, 5.74) is 0. The first-order valence-corrected chi connectivity index (χ1v) is 14.4. The summed E-state index contributed by atoms with van der Waals surface area (Å²) in [6.07, 6.45) is 1.51. The Labute approximate surface area is 133 Å². The average molecular weight is 365 g/mol. The first-order chi connectivity index (χ1) is 10.1. The molecule has 0 aromatic rings. The minimum Gasteiger partial charge on any atom is 0.0356 e.